The average molecular weight is 243 g/mol. The van der Waals surface area contributed by atoms with Gasteiger partial charge in [0.15, 0.2) is 0 Å². The zero-order valence-electron chi connectivity index (χ0n) is 10.7. The Kier molecular flexibility index (Phi) is 2.10. The van der Waals surface area contributed by atoms with Crippen LogP contribution in [0.25, 0.3) is 32.6 Å². The number of hydrogen-bond acceptors (Lipinski definition) is 1. The summed E-state index contributed by atoms with van der Waals surface area (Å²) in [4.78, 5) is 4.75. The van der Waals surface area contributed by atoms with Crippen molar-refractivity contribution in [1.82, 2.24) is 4.98 Å². The van der Waals surface area contributed by atoms with Crippen molar-refractivity contribution in [2.75, 3.05) is 0 Å². The Hall–Kier alpha value is -2.41. The molecule has 0 unspecified atom stereocenters. The van der Waals surface area contributed by atoms with Gasteiger partial charge in [-0.15, -0.1) is 0 Å². The molecule has 0 aliphatic rings. The Morgan fingerprint density at radius 3 is 2.53 bits per heavy atom. The van der Waals surface area contributed by atoms with Crippen LogP contribution in [0.1, 0.15) is 5.56 Å². The lowest BCUT2D eigenvalue weighted by molar-refractivity contribution is 1.49. The first-order valence-electron chi connectivity index (χ1n) is 6.50. The molecule has 0 aliphatic carbocycles. The van der Waals surface area contributed by atoms with Gasteiger partial charge in [-0.1, -0.05) is 48.0 Å². The van der Waals surface area contributed by atoms with Gasteiger partial charge in [-0.3, -0.25) is 0 Å². The highest BCUT2D eigenvalue weighted by Crippen LogP contribution is 2.27. The molecule has 0 radical (unpaired) electrons. The number of fused-ring (bicyclic) bond motifs is 4. The highest BCUT2D eigenvalue weighted by Gasteiger charge is 2.03. The van der Waals surface area contributed by atoms with Gasteiger partial charge >= 0.3 is 0 Å². The molecule has 90 valence electrons. The van der Waals surface area contributed by atoms with E-state index < -0.39 is 0 Å². The van der Waals surface area contributed by atoms with Gasteiger partial charge in [-0.25, -0.2) is 4.98 Å². The van der Waals surface area contributed by atoms with Crippen LogP contribution in [-0.4, -0.2) is 4.98 Å². The molecule has 1 nitrogen and oxygen atoms in total. The minimum absolute atomic E-state index is 1.06. The number of hydrogen-bond donors (Lipinski definition) is 0. The second-order valence-corrected chi connectivity index (χ2v) is 5.04. The SMILES string of the molecule is Cc1ccc2c(ccc3nc4ccccc4cc32)c1. The molecule has 1 heterocycles. The van der Waals surface area contributed by atoms with Gasteiger partial charge in [0, 0.05) is 10.8 Å². The molecule has 1 heteroatoms. The first kappa shape index (κ1) is 10.5. The molecule has 19 heavy (non-hydrogen) atoms. The molecule has 0 saturated carbocycles. The summed E-state index contributed by atoms with van der Waals surface area (Å²) in [7, 11) is 0. The Morgan fingerprint density at radius 2 is 1.58 bits per heavy atom. The molecule has 4 rings (SSSR count). The van der Waals surface area contributed by atoms with E-state index in [2.05, 4.69) is 61.5 Å². The van der Waals surface area contributed by atoms with E-state index >= 15 is 0 Å². The molecule has 0 saturated heterocycles. The quantitative estimate of drug-likeness (QED) is 0.318. The van der Waals surface area contributed by atoms with E-state index in [1.165, 1.54) is 27.1 Å². The maximum atomic E-state index is 4.75. The van der Waals surface area contributed by atoms with E-state index in [4.69, 9.17) is 4.98 Å². The van der Waals surface area contributed by atoms with Crippen LogP contribution < -0.4 is 0 Å². The molecular formula is C18H13N. The first-order valence-corrected chi connectivity index (χ1v) is 6.50. The fraction of sp³-hybridized carbons (Fsp3) is 0.0556. The van der Waals surface area contributed by atoms with Gasteiger partial charge in [0.2, 0.25) is 0 Å². The lowest BCUT2D eigenvalue weighted by atomic mass is 10.0. The summed E-state index contributed by atoms with van der Waals surface area (Å²) < 4.78 is 0. The average Bonchev–Trinajstić information content (AvgIpc) is 2.44. The third kappa shape index (κ3) is 1.59. The second kappa shape index (κ2) is 3.79. The summed E-state index contributed by atoms with van der Waals surface area (Å²) in [5.74, 6) is 0. The molecule has 0 atom stereocenters. The Labute approximate surface area is 111 Å². The van der Waals surface area contributed by atoms with E-state index in [-0.39, 0.29) is 0 Å². The molecular weight excluding hydrogens is 230 g/mol. The Morgan fingerprint density at radius 1 is 0.684 bits per heavy atom. The van der Waals surface area contributed by atoms with Crippen LogP contribution in [0.5, 0.6) is 0 Å². The minimum Gasteiger partial charge on any atom is -0.248 e. The zero-order chi connectivity index (χ0) is 12.8. The van der Waals surface area contributed by atoms with Crippen molar-refractivity contribution in [1.29, 1.82) is 0 Å². The largest absolute Gasteiger partial charge is 0.248 e. The molecule has 0 spiro atoms. The number of nitrogens with zero attached hydrogens (tertiary/aromatic N) is 1. The van der Waals surface area contributed by atoms with Gasteiger partial charge in [-0.2, -0.15) is 0 Å². The molecule has 4 aromatic rings. The smallest absolute Gasteiger partial charge is 0.0716 e. The highest BCUT2D eigenvalue weighted by molar-refractivity contribution is 6.09. The van der Waals surface area contributed by atoms with Crippen LogP contribution in [0, 0.1) is 6.92 Å². The Bertz CT molecular complexity index is 922. The number of aryl methyl sites for hydroxylation is 1. The van der Waals surface area contributed by atoms with E-state index in [0.717, 1.165) is 11.0 Å². The maximum Gasteiger partial charge on any atom is 0.0716 e. The fourth-order valence-electron chi connectivity index (χ4n) is 2.71. The molecule has 0 fully saturated rings. The van der Waals surface area contributed by atoms with E-state index in [0.29, 0.717) is 0 Å². The molecule has 0 N–H and O–H groups in total. The molecule has 0 aliphatic heterocycles. The number of benzene rings is 3. The zero-order valence-corrected chi connectivity index (χ0v) is 10.7. The number of pyridine rings is 1. The van der Waals surface area contributed by atoms with Crippen molar-refractivity contribution in [2.24, 2.45) is 0 Å². The second-order valence-electron chi connectivity index (χ2n) is 5.04. The predicted octanol–water partition coefficient (Wildman–Crippen LogP) is 4.85. The van der Waals surface area contributed by atoms with E-state index in [1.807, 2.05) is 6.07 Å². The van der Waals surface area contributed by atoms with E-state index in [9.17, 15) is 0 Å². The normalized spacial score (nSPS) is 11.4. The van der Waals surface area contributed by atoms with Crippen molar-refractivity contribution in [3.05, 3.63) is 66.2 Å². The van der Waals surface area contributed by atoms with Crippen molar-refractivity contribution < 1.29 is 0 Å². The summed E-state index contributed by atoms with van der Waals surface area (Å²) in [6.07, 6.45) is 0. The number of para-hydroxylation sites is 1. The monoisotopic (exact) mass is 243 g/mol. The van der Waals surface area contributed by atoms with Crippen molar-refractivity contribution in [3.8, 4) is 0 Å². The lowest BCUT2D eigenvalue weighted by Crippen LogP contribution is -1.84. The van der Waals surface area contributed by atoms with Crippen LogP contribution >= 0.6 is 0 Å². The minimum atomic E-state index is 1.06. The van der Waals surface area contributed by atoms with Crippen molar-refractivity contribution in [3.63, 3.8) is 0 Å². The topological polar surface area (TPSA) is 12.9 Å². The standard InChI is InChI=1S/C18H13N/c1-12-6-8-15-13(10-12)7-9-18-16(15)11-14-4-2-3-5-17(14)19-18/h2-11H,1H3. The van der Waals surface area contributed by atoms with Crippen LogP contribution in [-0.2, 0) is 0 Å². The third-order valence-corrected chi connectivity index (χ3v) is 3.67. The maximum absolute atomic E-state index is 4.75. The van der Waals surface area contributed by atoms with Gasteiger partial charge in [-0.05, 0) is 35.9 Å². The van der Waals surface area contributed by atoms with Crippen LogP contribution in [0.2, 0.25) is 0 Å². The van der Waals surface area contributed by atoms with Gasteiger partial charge in [0.1, 0.15) is 0 Å². The lowest BCUT2D eigenvalue weighted by Gasteiger charge is -2.06. The third-order valence-electron chi connectivity index (χ3n) is 3.67. The van der Waals surface area contributed by atoms with E-state index in [1.54, 1.807) is 0 Å². The highest BCUT2D eigenvalue weighted by atomic mass is 14.7. The predicted molar refractivity (Wildman–Crippen MR) is 81.5 cm³/mol. The summed E-state index contributed by atoms with van der Waals surface area (Å²) in [6, 6.07) is 21.4. The van der Waals surface area contributed by atoms with Crippen molar-refractivity contribution in [2.45, 2.75) is 6.92 Å². The molecule has 3 aromatic carbocycles. The molecule has 1 aromatic heterocycles. The van der Waals surface area contributed by atoms with Crippen LogP contribution in [0.15, 0.2) is 60.7 Å². The summed E-state index contributed by atoms with van der Waals surface area (Å²) in [5, 5.41) is 4.99. The summed E-state index contributed by atoms with van der Waals surface area (Å²) >= 11 is 0. The number of rotatable bonds is 0. The molecule has 0 bridgehead atoms. The van der Waals surface area contributed by atoms with Crippen molar-refractivity contribution >= 4 is 32.6 Å². The van der Waals surface area contributed by atoms with Crippen LogP contribution in [0.3, 0.4) is 0 Å². The van der Waals surface area contributed by atoms with Crippen LogP contribution in [0.4, 0.5) is 0 Å². The summed E-state index contributed by atoms with van der Waals surface area (Å²) in [5.41, 5.74) is 3.41. The van der Waals surface area contributed by atoms with Gasteiger partial charge < -0.3 is 0 Å². The Balaban J connectivity index is 2.22. The van der Waals surface area contributed by atoms with Gasteiger partial charge in [0.25, 0.3) is 0 Å². The fourth-order valence-corrected chi connectivity index (χ4v) is 2.71. The van der Waals surface area contributed by atoms with Gasteiger partial charge in [0.05, 0.1) is 11.0 Å². The molecule has 0 amide bonds. The summed E-state index contributed by atoms with van der Waals surface area (Å²) in [6.45, 7) is 2.13. The first-order chi connectivity index (χ1) is 9.31. The number of aromatic nitrogens is 1.